The standard InChI is InChI=1S/C23H25N3O4S2/c1-2-28-20(27)12-31-11-19-25-22(21-15-5-3-4-6-18(15)32-23(21)26-19)24-10-14-7-8-16-17(9-14)30-13-29-16/h7-9H,2-6,10-13H2,1H3,(H,24,25,26). The lowest BCUT2D eigenvalue weighted by molar-refractivity contribution is -0.139. The summed E-state index contributed by atoms with van der Waals surface area (Å²) in [5.41, 5.74) is 2.50. The van der Waals surface area contributed by atoms with Crippen LogP contribution in [0, 0.1) is 0 Å². The minimum atomic E-state index is -0.202. The number of fused-ring (bicyclic) bond motifs is 4. The molecule has 32 heavy (non-hydrogen) atoms. The van der Waals surface area contributed by atoms with Gasteiger partial charge >= 0.3 is 5.97 Å². The molecule has 1 aromatic carbocycles. The Balaban J connectivity index is 1.39. The van der Waals surface area contributed by atoms with E-state index in [4.69, 9.17) is 24.2 Å². The van der Waals surface area contributed by atoms with Crippen molar-refractivity contribution in [3.05, 3.63) is 40.0 Å². The van der Waals surface area contributed by atoms with Crippen LogP contribution in [-0.2, 0) is 34.7 Å². The number of nitrogens with zero attached hydrogens (tertiary/aromatic N) is 2. The van der Waals surface area contributed by atoms with Gasteiger partial charge in [-0.3, -0.25) is 4.79 Å². The Morgan fingerprint density at radius 2 is 2.09 bits per heavy atom. The molecule has 1 aliphatic heterocycles. The molecule has 1 aliphatic carbocycles. The van der Waals surface area contributed by atoms with E-state index in [9.17, 15) is 4.79 Å². The third-order valence-electron chi connectivity index (χ3n) is 5.51. The lowest BCUT2D eigenvalue weighted by atomic mass is 9.97. The van der Waals surface area contributed by atoms with E-state index in [1.54, 1.807) is 11.3 Å². The molecule has 168 valence electrons. The van der Waals surface area contributed by atoms with Crippen LogP contribution in [0.2, 0.25) is 0 Å². The highest BCUT2D eigenvalue weighted by Crippen LogP contribution is 2.39. The second kappa shape index (κ2) is 9.54. The van der Waals surface area contributed by atoms with Gasteiger partial charge in [-0.2, -0.15) is 0 Å². The van der Waals surface area contributed by atoms with Gasteiger partial charge in [0.05, 0.1) is 23.5 Å². The Kier molecular flexibility index (Phi) is 6.36. The lowest BCUT2D eigenvalue weighted by Crippen LogP contribution is -2.08. The van der Waals surface area contributed by atoms with Gasteiger partial charge < -0.3 is 19.5 Å². The molecule has 0 amide bonds. The number of hydrogen-bond donors (Lipinski definition) is 1. The largest absolute Gasteiger partial charge is 0.465 e. The number of thiophene rings is 1. The molecule has 2 aromatic heterocycles. The number of carbonyl (C=O) groups is 1. The monoisotopic (exact) mass is 471 g/mol. The fraction of sp³-hybridized carbons (Fsp3) is 0.435. The van der Waals surface area contributed by atoms with Crippen LogP contribution in [0.4, 0.5) is 5.82 Å². The number of carbonyl (C=O) groups excluding carboxylic acids is 1. The summed E-state index contributed by atoms with van der Waals surface area (Å²) in [6.07, 6.45) is 4.63. The summed E-state index contributed by atoms with van der Waals surface area (Å²) < 4.78 is 15.9. The molecule has 3 heterocycles. The summed E-state index contributed by atoms with van der Waals surface area (Å²) in [5, 5.41) is 4.71. The summed E-state index contributed by atoms with van der Waals surface area (Å²) in [7, 11) is 0. The maximum Gasteiger partial charge on any atom is 0.315 e. The Morgan fingerprint density at radius 3 is 3.00 bits per heavy atom. The second-order valence-electron chi connectivity index (χ2n) is 7.72. The van der Waals surface area contributed by atoms with Crippen LogP contribution in [0.3, 0.4) is 0 Å². The van der Waals surface area contributed by atoms with Gasteiger partial charge in [0.25, 0.3) is 0 Å². The Bertz CT molecular complexity index is 1150. The molecule has 0 saturated heterocycles. The summed E-state index contributed by atoms with van der Waals surface area (Å²) >= 11 is 3.27. The Labute approximate surface area is 194 Å². The van der Waals surface area contributed by atoms with E-state index in [1.807, 2.05) is 25.1 Å². The molecule has 7 nitrogen and oxygen atoms in total. The fourth-order valence-corrected chi connectivity index (χ4v) is 6.00. The number of nitrogens with one attached hydrogen (secondary N) is 1. The first-order valence-electron chi connectivity index (χ1n) is 10.9. The first kappa shape index (κ1) is 21.3. The molecule has 0 bridgehead atoms. The molecule has 0 spiro atoms. The smallest absolute Gasteiger partial charge is 0.315 e. The summed E-state index contributed by atoms with van der Waals surface area (Å²) in [6, 6.07) is 5.99. The van der Waals surface area contributed by atoms with Crippen molar-refractivity contribution >= 4 is 45.1 Å². The Morgan fingerprint density at radius 1 is 1.22 bits per heavy atom. The number of benzene rings is 1. The number of aromatic nitrogens is 2. The number of rotatable bonds is 8. The predicted molar refractivity (Wildman–Crippen MR) is 127 cm³/mol. The molecule has 0 radical (unpaired) electrons. The van der Waals surface area contributed by atoms with Crippen molar-refractivity contribution in [2.45, 2.75) is 44.9 Å². The van der Waals surface area contributed by atoms with E-state index in [-0.39, 0.29) is 12.8 Å². The van der Waals surface area contributed by atoms with Crippen molar-refractivity contribution in [3.8, 4) is 11.5 Å². The van der Waals surface area contributed by atoms with Crippen LogP contribution < -0.4 is 14.8 Å². The van der Waals surface area contributed by atoms with Crippen LogP contribution in [0.5, 0.6) is 11.5 Å². The van der Waals surface area contributed by atoms with Gasteiger partial charge in [0, 0.05) is 11.4 Å². The zero-order valence-corrected chi connectivity index (χ0v) is 19.6. The van der Waals surface area contributed by atoms with Crippen LogP contribution >= 0.6 is 23.1 Å². The van der Waals surface area contributed by atoms with E-state index < -0.39 is 0 Å². The number of thioether (sulfide) groups is 1. The predicted octanol–water partition coefficient (Wildman–Crippen LogP) is 4.71. The van der Waals surface area contributed by atoms with E-state index >= 15 is 0 Å². The molecule has 2 aliphatic rings. The molecular weight excluding hydrogens is 446 g/mol. The van der Waals surface area contributed by atoms with E-state index in [1.165, 1.54) is 35.0 Å². The normalized spacial score (nSPS) is 14.4. The SMILES string of the molecule is CCOC(=O)CSCc1nc(NCc2ccc3c(c2)OCO3)c2c3c(sc2n1)CCCC3. The second-order valence-corrected chi connectivity index (χ2v) is 9.79. The third kappa shape index (κ3) is 4.49. The number of aryl methyl sites for hydroxylation is 2. The van der Waals surface area contributed by atoms with E-state index in [0.29, 0.717) is 24.7 Å². The van der Waals surface area contributed by atoms with Crippen LogP contribution in [0.15, 0.2) is 18.2 Å². The first-order valence-corrected chi connectivity index (χ1v) is 12.9. The zero-order chi connectivity index (χ0) is 21.9. The number of anilines is 1. The molecule has 3 aromatic rings. The van der Waals surface area contributed by atoms with Gasteiger partial charge in [0.2, 0.25) is 6.79 Å². The van der Waals surface area contributed by atoms with Gasteiger partial charge in [-0.15, -0.1) is 23.1 Å². The number of ether oxygens (including phenoxy) is 3. The Hall–Kier alpha value is -2.52. The lowest BCUT2D eigenvalue weighted by Gasteiger charge is -2.13. The maximum absolute atomic E-state index is 11.7. The minimum Gasteiger partial charge on any atom is -0.465 e. The molecule has 0 unspecified atom stereocenters. The van der Waals surface area contributed by atoms with Crippen molar-refractivity contribution in [3.63, 3.8) is 0 Å². The topological polar surface area (TPSA) is 82.6 Å². The van der Waals surface area contributed by atoms with Gasteiger partial charge in [0.15, 0.2) is 11.5 Å². The van der Waals surface area contributed by atoms with Gasteiger partial charge in [0.1, 0.15) is 16.5 Å². The zero-order valence-electron chi connectivity index (χ0n) is 17.9. The van der Waals surface area contributed by atoms with Crippen LogP contribution in [0.1, 0.15) is 41.6 Å². The molecule has 5 rings (SSSR count). The molecule has 9 heteroatoms. The quantitative estimate of drug-likeness (QED) is 0.473. The average Bonchev–Trinajstić information content (AvgIpc) is 3.41. The number of hydrogen-bond acceptors (Lipinski definition) is 9. The summed E-state index contributed by atoms with van der Waals surface area (Å²) in [4.78, 5) is 23.9. The fourth-order valence-electron chi connectivity index (χ4n) is 4.06. The third-order valence-corrected chi connectivity index (χ3v) is 7.60. The van der Waals surface area contributed by atoms with Crippen molar-refractivity contribution in [1.82, 2.24) is 9.97 Å². The van der Waals surface area contributed by atoms with E-state index in [2.05, 4.69) is 5.32 Å². The van der Waals surface area contributed by atoms with Crippen molar-refractivity contribution in [1.29, 1.82) is 0 Å². The highest BCUT2D eigenvalue weighted by Gasteiger charge is 2.21. The van der Waals surface area contributed by atoms with Crippen molar-refractivity contribution < 1.29 is 19.0 Å². The van der Waals surface area contributed by atoms with Gasteiger partial charge in [-0.25, -0.2) is 9.97 Å². The highest BCUT2D eigenvalue weighted by atomic mass is 32.2. The van der Waals surface area contributed by atoms with Crippen molar-refractivity contribution in [2.75, 3.05) is 24.5 Å². The molecule has 1 N–H and O–H groups in total. The molecule has 0 fully saturated rings. The highest BCUT2D eigenvalue weighted by molar-refractivity contribution is 7.99. The minimum absolute atomic E-state index is 0.202. The molecule has 0 saturated carbocycles. The van der Waals surface area contributed by atoms with E-state index in [0.717, 1.165) is 51.8 Å². The van der Waals surface area contributed by atoms with Crippen LogP contribution in [0.25, 0.3) is 10.2 Å². The first-order chi connectivity index (χ1) is 15.7. The van der Waals surface area contributed by atoms with Crippen LogP contribution in [-0.4, -0.2) is 35.1 Å². The average molecular weight is 472 g/mol. The van der Waals surface area contributed by atoms with Gasteiger partial charge in [-0.05, 0) is 55.9 Å². The maximum atomic E-state index is 11.7. The molecular formula is C23H25N3O4S2. The number of esters is 1. The summed E-state index contributed by atoms with van der Waals surface area (Å²) in [6.45, 7) is 3.11. The summed E-state index contributed by atoms with van der Waals surface area (Å²) in [5.74, 6) is 3.84. The van der Waals surface area contributed by atoms with Gasteiger partial charge in [-0.1, -0.05) is 6.07 Å². The molecule has 0 atom stereocenters. The van der Waals surface area contributed by atoms with Crippen molar-refractivity contribution in [2.24, 2.45) is 0 Å².